The number of nitrogens with one attached hydrogen (secondary N) is 2. The van der Waals surface area contributed by atoms with E-state index in [-0.39, 0.29) is 23.5 Å². The number of sulfonamides is 1. The average Bonchev–Trinajstić information content (AvgIpc) is 2.95. The van der Waals surface area contributed by atoms with Crippen LogP contribution in [0.15, 0.2) is 72.8 Å². The summed E-state index contributed by atoms with van der Waals surface area (Å²) in [4.78, 5) is 17.3. The Morgan fingerprint density at radius 1 is 0.955 bits per heavy atom. The molecule has 0 aromatic heterocycles. The fourth-order valence-corrected chi connectivity index (χ4v) is 5.56. The molecule has 3 aromatic carbocycles. The SMILES string of the molecule is CCCCN(C(=O)Nc1cccc(OC(F)(F)F)c1)C1CCN(Cc2ccc(Oc3ccc(NS(C)(=O)=O)cc3)cc2)CC1. The van der Waals surface area contributed by atoms with Crippen LogP contribution in [0.2, 0.25) is 0 Å². The van der Waals surface area contributed by atoms with Gasteiger partial charge < -0.3 is 19.7 Å². The Labute approximate surface area is 256 Å². The van der Waals surface area contributed by atoms with E-state index in [1.807, 2.05) is 31.2 Å². The molecule has 0 atom stereocenters. The normalized spacial score (nSPS) is 14.6. The maximum absolute atomic E-state index is 13.2. The number of carbonyl (C=O) groups excluding carboxylic acids is 1. The van der Waals surface area contributed by atoms with Crippen molar-refractivity contribution < 1.29 is 35.9 Å². The molecule has 13 heteroatoms. The molecular formula is C31H37F3N4O5S. The molecule has 0 radical (unpaired) electrons. The maximum atomic E-state index is 13.2. The molecule has 2 amide bonds. The van der Waals surface area contributed by atoms with Crippen LogP contribution in [0.25, 0.3) is 0 Å². The second-order valence-electron chi connectivity index (χ2n) is 10.7. The van der Waals surface area contributed by atoms with Crippen LogP contribution in [0.4, 0.5) is 29.3 Å². The van der Waals surface area contributed by atoms with Crippen LogP contribution in [0.3, 0.4) is 0 Å². The van der Waals surface area contributed by atoms with Gasteiger partial charge in [0.2, 0.25) is 10.0 Å². The van der Waals surface area contributed by atoms with Gasteiger partial charge in [0.25, 0.3) is 0 Å². The number of ether oxygens (including phenoxy) is 2. The van der Waals surface area contributed by atoms with E-state index in [0.717, 1.165) is 63.2 Å². The van der Waals surface area contributed by atoms with Gasteiger partial charge in [-0.05, 0) is 73.4 Å². The Kier molecular flexibility index (Phi) is 11.0. The van der Waals surface area contributed by atoms with E-state index in [9.17, 15) is 26.4 Å². The van der Waals surface area contributed by atoms with Gasteiger partial charge in [-0.2, -0.15) is 0 Å². The highest BCUT2D eigenvalue weighted by Gasteiger charge is 2.31. The minimum atomic E-state index is -4.81. The average molecular weight is 635 g/mol. The number of anilines is 2. The molecule has 3 aromatic rings. The molecule has 238 valence electrons. The molecule has 2 N–H and O–H groups in total. The molecule has 0 bridgehead atoms. The second-order valence-corrected chi connectivity index (χ2v) is 12.5. The molecule has 1 fully saturated rings. The maximum Gasteiger partial charge on any atom is 0.573 e. The molecule has 1 saturated heterocycles. The predicted octanol–water partition coefficient (Wildman–Crippen LogP) is 7.05. The molecule has 44 heavy (non-hydrogen) atoms. The van der Waals surface area contributed by atoms with Gasteiger partial charge in [0.1, 0.15) is 17.2 Å². The number of rotatable bonds is 12. The van der Waals surface area contributed by atoms with Crippen molar-refractivity contribution in [3.8, 4) is 17.2 Å². The Balaban J connectivity index is 1.28. The third kappa shape index (κ3) is 10.6. The van der Waals surface area contributed by atoms with Crippen molar-refractivity contribution in [3.63, 3.8) is 0 Å². The molecular weight excluding hydrogens is 597 g/mol. The number of benzene rings is 3. The smallest absolute Gasteiger partial charge is 0.457 e. The van der Waals surface area contributed by atoms with Crippen LogP contribution in [-0.4, -0.2) is 62.5 Å². The fourth-order valence-electron chi connectivity index (χ4n) is 5.00. The Hall–Kier alpha value is -3.97. The first-order valence-corrected chi connectivity index (χ1v) is 16.3. The summed E-state index contributed by atoms with van der Waals surface area (Å²) in [5.74, 6) is 0.851. The lowest BCUT2D eigenvalue weighted by molar-refractivity contribution is -0.274. The summed E-state index contributed by atoms with van der Waals surface area (Å²) in [6.07, 6.45) is -0.437. The highest BCUT2D eigenvalue weighted by Crippen LogP contribution is 2.27. The van der Waals surface area contributed by atoms with Crippen molar-refractivity contribution in [3.05, 3.63) is 78.4 Å². The van der Waals surface area contributed by atoms with E-state index in [4.69, 9.17) is 4.74 Å². The quantitative estimate of drug-likeness (QED) is 0.222. The van der Waals surface area contributed by atoms with E-state index in [0.29, 0.717) is 23.7 Å². The lowest BCUT2D eigenvalue weighted by atomic mass is 10.0. The van der Waals surface area contributed by atoms with Gasteiger partial charge >= 0.3 is 12.4 Å². The van der Waals surface area contributed by atoms with Gasteiger partial charge in [0.05, 0.1) is 6.26 Å². The molecule has 0 spiro atoms. The Morgan fingerprint density at radius 2 is 1.59 bits per heavy atom. The van der Waals surface area contributed by atoms with Gasteiger partial charge in [-0.15, -0.1) is 13.2 Å². The minimum absolute atomic E-state index is 0.0159. The third-order valence-corrected chi connectivity index (χ3v) is 7.66. The summed E-state index contributed by atoms with van der Waals surface area (Å²) >= 11 is 0. The van der Waals surface area contributed by atoms with Gasteiger partial charge in [0.15, 0.2) is 0 Å². The van der Waals surface area contributed by atoms with E-state index in [1.165, 1.54) is 18.2 Å². The molecule has 0 saturated carbocycles. The van der Waals surface area contributed by atoms with Gasteiger partial charge in [0, 0.05) is 49.7 Å². The topological polar surface area (TPSA) is 100 Å². The van der Waals surface area contributed by atoms with Crippen LogP contribution < -0.4 is 19.5 Å². The zero-order chi connectivity index (χ0) is 31.7. The number of unbranched alkanes of at least 4 members (excludes halogenated alkanes) is 1. The van der Waals surface area contributed by atoms with Gasteiger partial charge in [-0.25, -0.2) is 13.2 Å². The first-order chi connectivity index (χ1) is 20.9. The van der Waals surface area contributed by atoms with Crippen molar-refractivity contribution >= 4 is 27.4 Å². The monoisotopic (exact) mass is 634 g/mol. The lowest BCUT2D eigenvalue weighted by Gasteiger charge is -2.38. The third-order valence-electron chi connectivity index (χ3n) is 7.05. The largest absolute Gasteiger partial charge is 0.573 e. The summed E-state index contributed by atoms with van der Waals surface area (Å²) in [5, 5.41) is 2.75. The first-order valence-electron chi connectivity index (χ1n) is 14.4. The van der Waals surface area contributed by atoms with Crippen molar-refractivity contribution in [2.75, 3.05) is 35.9 Å². The molecule has 0 aliphatic carbocycles. The number of hydrogen-bond acceptors (Lipinski definition) is 6. The van der Waals surface area contributed by atoms with Gasteiger partial charge in [-0.3, -0.25) is 9.62 Å². The Bertz CT molecular complexity index is 1480. The van der Waals surface area contributed by atoms with Crippen molar-refractivity contribution in [1.82, 2.24) is 9.80 Å². The van der Waals surface area contributed by atoms with E-state index in [2.05, 4.69) is 19.7 Å². The number of carbonyl (C=O) groups is 1. The standard InChI is InChI=1S/C31H37F3N4O5S/c1-3-4-18-38(30(39)35-25-6-5-7-29(21-25)43-31(32,33)34)26-16-19-37(20-17-26)22-23-8-12-27(13-9-23)42-28-14-10-24(11-15-28)36-44(2,40)41/h5-15,21,26,36H,3-4,16-20,22H2,1-2H3,(H,35,39). The van der Waals surface area contributed by atoms with Crippen LogP contribution in [-0.2, 0) is 16.6 Å². The first kappa shape index (κ1) is 32.9. The second kappa shape index (κ2) is 14.7. The van der Waals surface area contributed by atoms with Crippen molar-refractivity contribution in [2.24, 2.45) is 0 Å². The highest BCUT2D eigenvalue weighted by atomic mass is 32.2. The molecule has 1 aliphatic heterocycles. The molecule has 1 aliphatic rings. The number of amides is 2. The molecule has 1 heterocycles. The summed E-state index contributed by atoms with van der Waals surface area (Å²) in [6, 6.07) is 19.4. The van der Waals surface area contributed by atoms with Crippen LogP contribution in [0.5, 0.6) is 17.2 Å². The number of hydrogen-bond donors (Lipinski definition) is 2. The summed E-state index contributed by atoms with van der Waals surface area (Å²) < 4.78 is 72.9. The number of alkyl halides is 3. The summed E-state index contributed by atoms with van der Waals surface area (Å²) in [6.45, 7) is 4.93. The van der Waals surface area contributed by atoms with Crippen molar-refractivity contribution in [2.45, 2.75) is 51.6 Å². The van der Waals surface area contributed by atoms with Crippen LogP contribution in [0, 0.1) is 0 Å². The zero-order valence-electron chi connectivity index (χ0n) is 24.6. The van der Waals surface area contributed by atoms with E-state index >= 15 is 0 Å². The van der Waals surface area contributed by atoms with Crippen molar-refractivity contribution in [1.29, 1.82) is 0 Å². The summed E-state index contributed by atoms with van der Waals surface area (Å²) in [5.41, 5.74) is 1.81. The highest BCUT2D eigenvalue weighted by molar-refractivity contribution is 7.92. The summed E-state index contributed by atoms with van der Waals surface area (Å²) in [7, 11) is -3.35. The zero-order valence-corrected chi connectivity index (χ0v) is 25.5. The lowest BCUT2D eigenvalue weighted by Crippen LogP contribution is -2.49. The number of likely N-dealkylation sites (tertiary alicyclic amines) is 1. The van der Waals surface area contributed by atoms with E-state index in [1.54, 1.807) is 29.2 Å². The fraction of sp³-hybridized carbons (Fsp3) is 0.387. The number of halogens is 3. The number of urea groups is 1. The molecule has 4 rings (SSSR count). The van der Waals surface area contributed by atoms with Crippen LogP contribution in [0.1, 0.15) is 38.2 Å². The number of piperidine rings is 1. The Morgan fingerprint density at radius 3 is 2.18 bits per heavy atom. The number of nitrogens with zero attached hydrogens (tertiary/aromatic N) is 2. The minimum Gasteiger partial charge on any atom is -0.457 e. The molecule has 0 unspecified atom stereocenters. The predicted molar refractivity (Wildman–Crippen MR) is 163 cm³/mol. The molecule has 9 nitrogen and oxygen atoms in total. The van der Waals surface area contributed by atoms with Gasteiger partial charge in [-0.1, -0.05) is 31.5 Å². The van der Waals surface area contributed by atoms with Crippen LogP contribution >= 0.6 is 0 Å². The van der Waals surface area contributed by atoms with E-state index < -0.39 is 16.4 Å².